The van der Waals surface area contributed by atoms with Crippen molar-refractivity contribution in [1.29, 1.82) is 0 Å². The quantitative estimate of drug-likeness (QED) is 0.797. The molecule has 1 N–H and O–H groups in total. The summed E-state index contributed by atoms with van der Waals surface area (Å²) >= 11 is 0. The van der Waals surface area contributed by atoms with Gasteiger partial charge in [0.25, 0.3) is 0 Å². The van der Waals surface area contributed by atoms with E-state index in [9.17, 15) is 22.8 Å². The van der Waals surface area contributed by atoms with Crippen molar-refractivity contribution in [2.75, 3.05) is 0 Å². The third kappa shape index (κ3) is 5.88. The third-order valence-corrected chi connectivity index (χ3v) is 2.24. The molecule has 4 nitrogen and oxygen atoms in total. The van der Waals surface area contributed by atoms with Crippen LogP contribution < -0.4 is 0 Å². The molecule has 0 aliphatic rings. The predicted octanol–water partition coefficient (Wildman–Crippen LogP) is 2.62. The molecule has 106 valence electrons. The van der Waals surface area contributed by atoms with E-state index in [0.29, 0.717) is 0 Å². The number of hydrogen-bond donors (Lipinski definition) is 1. The van der Waals surface area contributed by atoms with Crippen LogP contribution in [0.3, 0.4) is 0 Å². The van der Waals surface area contributed by atoms with E-state index < -0.39 is 42.0 Å². The molecule has 0 aromatic carbocycles. The molecule has 0 aliphatic heterocycles. The van der Waals surface area contributed by atoms with Gasteiger partial charge in [0.2, 0.25) is 0 Å². The number of alkyl halides is 3. The van der Waals surface area contributed by atoms with Crippen LogP contribution in [0.2, 0.25) is 0 Å². The fraction of sp³-hybridized carbons (Fsp3) is 0.818. The summed E-state index contributed by atoms with van der Waals surface area (Å²) in [5, 5.41) is 8.75. The van der Waals surface area contributed by atoms with Crippen molar-refractivity contribution in [3.05, 3.63) is 0 Å². The standard InChI is InChI=1S/C11H17F3O4/c1-6(11(12,13)14)7(9(16)17)5-8(15)18-10(2,3)4/h6-7H,5H2,1-4H3,(H,16,17)/t6?,7-/m1/s1. The van der Waals surface area contributed by atoms with Gasteiger partial charge in [0, 0.05) is 0 Å². The van der Waals surface area contributed by atoms with Crippen molar-refractivity contribution in [1.82, 2.24) is 0 Å². The van der Waals surface area contributed by atoms with Gasteiger partial charge in [-0.3, -0.25) is 9.59 Å². The number of carbonyl (C=O) groups excluding carboxylic acids is 1. The summed E-state index contributed by atoms with van der Waals surface area (Å²) in [6.07, 6.45) is -5.46. The van der Waals surface area contributed by atoms with Gasteiger partial charge in [-0.2, -0.15) is 13.2 Å². The van der Waals surface area contributed by atoms with E-state index in [2.05, 4.69) is 0 Å². The highest BCUT2D eigenvalue weighted by atomic mass is 19.4. The summed E-state index contributed by atoms with van der Waals surface area (Å²) in [6.45, 7) is 5.39. The van der Waals surface area contributed by atoms with Crippen LogP contribution >= 0.6 is 0 Å². The molecule has 0 rings (SSSR count). The Morgan fingerprint density at radius 2 is 1.67 bits per heavy atom. The molecule has 0 saturated carbocycles. The van der Waals surface area contributed by atoms with E-state index in [0.717, 1.165) is 6.92 Å². The minimum absolute atomic E-state index is 0.739. The predicted molar refractivity (Wildman–Crippen MR) is 56.8 cm³/mol. The molecule has 0 spiro atoms. The molecule has 0 aromatic heterocycles. The first-order valence-electron chi connectivity index (χ1n) is 5.36. The number of carboxylic acid groups (broad SMARTS) is 1. The Kier molecular flexibility index (Phi) is 5.19. The van der Waals surface area contributed by atoms with Crippen molar-refractivity contribution in [2.24, 2.45) is 11.8 Å². The number of rotatable bonds is 4. The minimum Gasteiger partial charge on any atom is -0.481 e. The molecule has 1 unspecified atom stereocenters. The molecule has 0 heterocycles. The summed E-state index contributed by atoms with van der Waals surface area (Å²) in [5.74, 6) is -6.56. The van der Waals surface area contributed by atoms with E-state index in [1.165, 1.54) is 0 Å². The fourth-order valence-electron chi connectivity index (χ4n) is 1.27. The van der Waals surface area contributed by atoms with Gasteiger partial charge in [0.1, 0.15) is 5.60 Å². The molecule has 0 bridgehead atoms. The van der Waals surface area contributed by atoms with Gasteiger partial charge in [0.15, 0.2) is 0 Å². The molecule has 0 radical (unpaired) electrons. The number of hydrogen-bond acceptors (Lipinski definition) is 3. The smallest absolute Gasteiger partial charge is 0.392 e. The molecular formula is C11H17F3O4. The number of ether oxygens (including phenoxy) is 1. The number of carboxylic acids is 1. The van der Waals surface area contributed by atoms with Crippen LogP contribution in [0.5, 0.6) is 0 Å². The second-order valence-electron chi connectivity index (χ2n) is 5.07. The zero-order valence-corrected chi connectivity index (χ0v) is 10.7. The number of esters is 1. The Morgan fingerprint density at radius 3 is 1.94 bits per heavy atom. The van der Waals surface area contributed by atoms with E-state index in [1.807, 2.05) is 0 Å². The first kappa shape index (κ1) is 16.7. The van der Waals surface area contributed by atoms with Crippen molar-refractivity contribution in [3.8, 4) is 0 Å². The normalized spacial score (nSPS) is 15.9. The maximum Gasteiger partial charge on any atom is 0.392 e. The summed E-state index contributed by atoms with van der Waals surface area (Å²) in [7, 11) is 0. The molecule has 0 saturated heterocycles. The highest BCUT2D eigenvalue weighted by molar-refractivity contribution is 5.79. The number of halogens is 3. The maximum atomic E-state index is 12.4. The number of carbonyl (C=O) groups is 2. The zero-order valence-electron chi connectivity index (χ0n) is 10.7. The molecular weight excluding hydrogens is 253 g/mol. The molecule has 0 amide bonds. The molecule has 7 heteroatoms. The molecule has 0 fully saturated rings. The first-order chi connectivity index (χ1) is 7.84. The van der Waals surface area contributed by atoms with Crippen LogP contribution in [-0.4, -0.2) is 28.8 Å². The summed E-state index contributed by atoms with van der Waals surface area (Å²) in [6, 6.07) is 0. The average molecular weight is 270 g/mol. The second kappa shape index (κ2) is 5.58. The Bertz CT molecular complexity index is 317. The Labute approximate surface area is 103 Å². The lowest BCUT2D eigenvalue weighted by molar-refractivity contribution is -0.195. The fourth-order valence-corrected chi connectivity index (χ4v) is 1.27. The van der Waals surface area contributed by atoms with Crippen LogP contribution in [0.25, 0.3) is 0 Å². The summed E-state index contributed by atoms with van der Waals surface area (Å²) < 4.78 is 42.1. The number of aliphatic carboxylic acids is 1. The summed E-state index contributed by atoms with van der Waals surface area (Å²) in [4.78, 5) is 22.1. The van der Waals surface area contributed by atoms with E-state index in [-0.39, 0.29) is 0 Å². The minimum atomic E-state index is -4.66. The van der Waals surface area contributed by atoms with Crippen molar-refractivity contribution in [2.45, 2.75) is 45.9 Å². The van der Waals surface area contributed by atoms with Crippen LogP contribution in [0.15, 0.2) is 0 Å². The Balaban J connectivity index is 4.76. The van der Waals surface area contributed by atoms with Gasteiger partial charge < -0.3 is 9.84 Å². The monoisotopic (exact) mass is 270 g/mol. The molecule has 0 aliphatic carbocycles. The van der Waals surface area contributed by atoms with E-state index >= 15 is 0 Å². The maximum absolute atomic E-state index is 12.4. The largest absolute Gasteiger partial charge is 0.481 e. The molecule has 0 aromatic rings. The zero-order chi connectivity index (χ0) is 14.7. The highest BCUT2D eigenvalue weighted by Gasteiger charge is 2.45. The SMILES string of the molecule is CC([C@@H](CC(=O)OC(C)(C)C)C(=O)O)C(F)(F)F. The van der Waals surface area contributed by atoms with Gasteiger partial charge in [-0.05, 0) is 20.8 Å². The van der Waals surface area contributed by atoms with Crippen molar-refractivity contribution in [3.63, 3.8) is 0 Å². The average Bonchev–Trinajstić information content (AvgIpc) is 2.08. The summed E-state index contributed by atoms with van der Waals surface area (Å²) in [5.41, 5.74) is -0.860. The molecule has 2 atom stereocenters. The lowest BCUT2D eigenvalue weighted by atomic mass is 9.90. The van der Waals surface area contributed by atoms with Crippen molar-refractivity contribution < 1.29 is 32.6 Å². The van der Waals surface area contributed by atoms with E-state index in [4.69, 9.17) is 9.84 Å². The molecule has 18 heavy (non-hydrogen) atoms. The van der Waals surface area contributed by atoms with Gasteiger partial charge in [-0.1, -0.05) is 6.92 Å². The van der Waals surface area contributed by atoms with Crippen LogP contribution in [-0.2, 0) is 14.3 Å². The van der Waals surface area contributed by atoms with Crippen LogP contribution in [0, 0.1) is 11.8 Å². The van der Waals surface area contributed by atoms with Gasteiger partial charge in [-0.15, -0.1) is 0 Å². The second-order valence-corrected chi connectivity index (χ2v) is 5.07. The van der Waals surface area contributed by atoms with Gasteiger partial charge in [-0.25, -0.2) is 0 Å². The van der Waals surface area contributed by atoms with Crippen molar-refractivity contribution >= 4 is 11.9 Å². The Hall–Kier alpha value is -1.27. The lowest BCUT2D eigenvalue weighted by Crippen LogP contribution is -2.36. The highest BCUT2D eigenvalue weighted by Crippen LogP contribution is 2.33. The van der Waals surface area contributed by atoms with Gasteiger partial charge in [0.05, 0.1) is 18.3 Å². The van der Waals surface area contributed by atoms with Gasteiger partial charge >= 0.3 is 18.1 Å². The van der Waals surface area contributed by atoms with Crippen LogP contribution in [0.4, 0.5) is 13.2 Å². The lowest BCUT2D eigenvalue weighted by Gasteiger charge is -2.24. The first-order valence-corrected chi connectivity index (χ1v) is 5.36. The topological polar surface area (TPSA) is 63.6 Å². The Morgan fingerprint density at radius 1 is 1.22 bits per heavy atom. The van der Waals surface area contributed by atoms with E-state index in [1.54, 1.807) is 20.8 Å². The van der Waals surface area contributed by atoms with Crippen LogP contribution in [0.1, 0.15) is 34.1 Å². The third-order valence-electron chi connectivity index (χ3n) is 2.24.